The van der Waals surface area contributed by atoms with Gasteiger partial charge in [-0.15, -0.1) is 0 Å². The fourth-order valence-corrected chi connectivity index (χ4v) is 2.03. The van der Waals surface area contributed by atoms with Gasteiger partial charge in [0.1, 0.15) is 0 Å². The molecule has 2 rings (SSSR count). The number of carbonyl (C=O) groups excluding carboxylic acids is 2. The molecule has 0 aromatic heterocycles. The van der Waals surface area contributed by atoms with Crippen LogP contribution in [-0.4, -0.2) is 32.6 Å². The molecule has 0 spiro atoms. The van der Waals surface area contributed by atoms with Crippen molar-refractivity contribution < 1.29 is 14.3 Å². The van der Waals surface area contributed by atoms with E-state index >= 15 is 0 Å². The van der Waals surface area contributed by atoms with E-state index in [9.17, 15) is 9.59 Å². The van der Waals surface area contributed by atoms with Gasteiger partial charge in [0.2, 0.25) is 5.91 Å². The first-order chi connectivity index (χ1) is 10.6. The number of amides is 1. The largest absolute Gasteiger partial charge is 0.465 e. The van der Waals surface area contributed by atoms with Gasteiger partial charge in [0.15, 0.2) is 0 Å². The number of hydrogen-bond donors (Lipinski definition) is 1. The molecule has 1 amide bonds. The Kier molecular flexibility index (Phi) is 5.14. The summed E-state index contributed by atoms with van der Waals surface area (Å²) >= 11 is 0. The molecule has 0 radical (unpaired) electrons. The van der Waals surface area contributed by atoms with Crippen LogP contribution in [0.2, 0.25) is 0 Å². The van der Waals surface area contributed by atoms with Crippen LogP contribution in [-0.2, 0) is 9.53 Å². The maximum absolute atomic E-state index is 12.1. The normalized spacial score (nSPS) is 9.91. The highest BCUT2D eigenvalue weighted by atomic mass is 16.5. The van der Waals surface area contributed by atoms with Crippen LogP contribution in [0.3, 0.4) is 0 Å². The molecule has 0 heterocycles. The number of benzene rings is 2. The van der Waals surface area contributed by atoms with Crippen LogP contribution >= 0.6 is 0 Å². The Morgan fingerprint density at radius 2 is 1.82 bits per heavy atom. The van der Waals surface area contributed by atoms with Gasteiger partial charge < -0.3 is 15.0 Å². The number of rotatable bonds is 5. The molecule has 0 fully saturated rings. The molecule has 0 saturated heterocycles. The van der Waals surface area contributed by atoms with Crippen molar-refractivity contribution in [3.63, 3.8) is 0 Å². The third-order valence-corrected chi connectivity index (χ3v) is 3.15. The number of esters is 1. The zero-order valence-corrected chi connectivity index (χ0v) is 12.6. The number of nitrogens with zero attached hydrogens (tertiary/aromatic N) is 1. The quantitative estimate of drug-likeness (QED) is 0.862. The third-order valence-electron chi connectivity index (χ3n) is 3.15. The molecule has 0 atom stereocenters. The molecule has 0 aliphatic rings. The van der Waals surface area contributed by atoms with E-state index in [2.05, 4.69) is 10.1 Å². The third kappa shape index (κ3) is 4.09. The van der Waals surface area contributed by atoms with Crippen LogP contribution in [0.4, 0.5) is 11.4 Å². The van der Waals surface area contributed by atoms with Crippen LogP contribution in [0.15, 0.2) is 54.6 Å². The first-order valence-corrected chi connectivity index (χ1v) is 6.84. The van der Waals surface area contributed by atoms with Gasteiger partial charge in [0.05, 0.1) is 19.2 Å². The van der Waals surface area contributed by atoms with Crippen molar-refractivity contribution in [2.24, 2.45) is 0 Å². The van der Waals surface area contributed by atoms with E-state index < -0.39 is 5.97 Å². The van der Waals surface area contributed by atoms with E-state index in [0.29, 0.717) is 11.3 Å². The summed E-state index contributed by atoms with van der Waals surface area (Å²) in [4.78, 5) is 25.4. The highest BCUT2D eigenvalue weighted by Crippen LogP contribution is 2.13. The van der Waals surface area contributed by atoms with Gasteiger partial charge in [-0.3, -0.25) is 4.79 Å². The molecule has 2 aromatic rings. The van der Waals surface area contributed by atoms with Gasteiger partial charge in [-0.25, -0.2) is 4.79 Å². The van der Waals surface area contributed by atoms with E-state index in [1.807, 2.05) is 42.3 Å². The lowest BCUT2D eigenvalue weighted by atomic mass is 10.2. The lowest BCUT2D eigenvalue weighted by molar-refractivity contribution is -0.114. The Morgan fingerprint density at radius 1 is 1.09 bits per heavy atom. The van der Waals surface area contributed by atoms with Crippen molar-refractivity contribution in [1.29, 1.82) is 0 Å². The highest BCUT2D eigenvalue weighted by molar-refractivity contribution is 5.96. The number of carbonyl (C=O) groups is 2. The van der Waals surface area contributed by atoms with Crippen molar-refractivity contribution in [2.75, 3.05) is 30.9 Å². The molecular formula is C17H18N2O3. The van der Waals surface area contributed by atoms with Crippen LogP contribution in [0, 0.1) is 0 Å². The second kappa shape index (κ2) is 7.26. The van der Waals surface area contributed by atoms with E-state index in [4.69, 9.17) is 0 Å². The van der Waals surface area contributed by atoms with E-state index in [1.165, 1.54) is 7.11 Å². The zero-order chi connectivity index (χ0) is 15.9. The molecule has 5 nitrogen and oxygen atoms in total. The number of methoxy groups -OCH3 is 1. The molecule has 22 heavy (non-hydrogen) atoms. The monoisotopic (exact) mass is 298 g/mol. The molecule has 0 unspecified atom stereocenters. The zero-order valence-electron chi connectivity index (χ0n) is 12.6. The molecule has 0 aliphatic heterocycles. The van der Waals surface area contributed by atoms with Crippen LogP contribution < -0.4 is 10.2 Å². The Labute approximate surface area is 129 Å². The van der Waals surface area contributed by atoms with Crippen molar-refractivity contribution >= 4 is 23.3 Å². The molecule has 0 bridgehead atoms. The first kappa shape index (κ1) is 15.6. The maximum Gasteiger partial charge on any atom is 0.337 e. The minimum atomic E-state index is -0.433. The molecular weight excluding hydrogens is 280 g/mol. The van der Waals surface area contributed by atoms with Gasteiger partial charge >= 0.3 is 5.97 Å². The number of para-hydroxylation sites is 1. The predicted molar refractivity (Wildman–Crippen MR) is 86.1 cm³/mol. The summed E-state index contributed by atoms with van der Waals surface area (Å²) < 4.78 is 4.66. The fraction of sp³-hybridized carbons (Fsp3) is 0.176. The Morgan fingerprint density at radius 3 is 2.50 bits per heavy atom. The average molecular weight is 298 g/mol. The molecule has 114 valence electrons. The van der Waals surface area contributed by atoms with Gasteiger partial charge in [-0.1, -0.05) is 24.3 Å². The van der Waals surface area contributed by atoms with Crippen LogP contribution in [0.5, 0.6) is 0 Å². The van der Waals surface area contributed by atoms with E-state index in [-0.39, 0.29) is 12.5 Å². The summed E-state index contributed by atoms with van der Waals surface area (Å²) in [6, 6.07) is 16.3. The minimum absolute atomic E-state index is 0.159. The van der Waals surface area contributed by atoms with Crippen molar-refractivity contribution in [3.05, 3.63) is 60.2 Å². The first-order valence-electron chi connectivity index (χ1n) is 6.84. The fourth-order valence-electron chi connectivity index (χ4n) is 2.03. The van der Waals surface area contributed by atoms with Gasteiger partial charge in [0, 0.05) is 18.4 Å². The molecule has 0 aliphatic carbocycles. The lowest BCUT2D eigenvalue weighted by Crippen LogP contribution is -2.30. The Balaban J connectivity index is 1.99. The minimum Gasteiger partial charge on any atom is -0.465 e. The summed E-state index contributed by atoms with van der Waals surface area (Å²) in [6.45, 7) is 0.215. The van der Waals surface area contributed by atoms with Crippen molar-refractivity contribution in [2.45, 2.75) is 0 Å². The van der Waals surface area contributed by atoms with Crippen LogP contribution in [0.25, 0.3) is 0 Å². The second-order valence-electron chi connectivity index (χ2n) is 4.81. The van der Waals surface area contributed by atoms with Crippen molar-refractivity contribution in [3.8, 4) is 0 Å². The number of nitrogens with one attached hydrogen (secondary N) is 1. The summed E-state index contributed by atoms with van der Waals surface area (Å²) in [6.07, 6.45) is 0. The smallest absolute Gasteiger partial charge is 0.337 e. The summed E-state index contributed by atoms with van der Waals surface area (Å²) in [5.74, 6) is -0.592. The van der Waals surface area contributed by atoms with Gasteiger partial charge in [0.25, 0.3) is 0 Å². The summed E-state index contributed by atoms with van der Waals surface area (Å²) in [5.41, 5.74) is 1.92. The molecule has 2 aromatic carbocycles. The maximum atomic E-state index is 12.1. The van der Waals surface area contributed by atoms with Crippen LogP contribution in [0.1, 0.15) is 10.4 Å². The SMILES string of the molecule is COC(=O)c1cccc(NC(=O)CN(C)c2ccccc2)c1. The Bertz CT molecular complexity index is 656. The van der Waals surface area contributed by atoms with Gasteiger partial charge in [-0.05, 0) is 30.3 Å². The number of anilines is 2. The number of hydrogen-bond acceptors (Lipinski definition) is 4. The average Bonchev–Trinajstić information content (AvgIpc) is 2.55. The predicted octanol–water partition coefficient (Wildman–Crippen LogP) is 2.55. The van der Waals surface area contributed by atoms with Crippen molar-refractivity contribution in [1.82, 2.24) is 0 Å². The molecule has 5 heteroatoms. The van der Waals surface area contributed by atoms with E-state index in [0.717, 1.165) is 5.69 Å². The molecule has 1 N–H and O–H groups in total. The molecule has 0 saturated carbocycles. The second-order valence-corrected chi connectivity index (χ2v) is 4.81. The highest BCUT2D eigenvalue weighted by Gasteiger charge is 2.10. The standard InChI is InChI=1S/C17H18N2O3/c1-19(15-9-4-3-5-10-15)12-16(20)18-14-8-6-7-13(11-14)17(21)22-2/h3-11H,12H2,1-2H3,(H,18,20). The topological polar surface area (TPSA) is 58.6 Å². The van der Waals surface area contributed by atoms with E-state index in [1.54, 1.807) is 24.3 Å². The lowest BCUT2D eigenvalue weighted by Gasteiger charge is -2.18. The number of likely N-dealkylation sites (N-methyl/N-ethyl adjacent to an activating group) is 1. The summed E-state index contributed by atoms with van der Waals surface area (Å²) in [5, 5.41) is 2.77. The van der Waals surface area contributed by atoms with Gasteiger partial charge in [-0.2, -0.15) is 0 Å². The summed E-state index contributed by atoms with van der Waals surface area (Å²) in [7, 11) is 3.17. The Hall–Kier alpha value is -2.82. The number of ether oxygens (including phenoxy) is 1.